The third-order valence-corrected chi connectivity index (χ3v) is 4.97. The van der Waals surface area contributed by atoms with Crippen molar-refractivity contribution in [1.29, 1.82) is 0 Å². The Labute approximate surface area is 136 Å². The summed E-state index contributed by atoms with van der Waals surface area (Å²) in [5.41, 5.74) is -0.203. The van der Waals surface area contributed by atoms with Gasteiger partial charge in [0.1, 0.15) is 5.82 Å². The number of aliphatic hydroxyl groups is 1. The van der Waals surface area contributed by atoms with Gasteiger partial charge >= 0.3 is 0 Å². The first-order chi connectivity index (χ1) is 11.1. The highest BCUT2D eigenvalue weighted by Crippen LogP contribution is 2.25. The number of carbonyl (C=O) groups is 1. The molecule has 2 heterocycles. The van der Waals surface area contributed by atoms with Crippen LogP contribution in [0.3, 0.4) is 0 Å². The number of hydrogen-bond donors (Lipinski definition) is 1. The molecular formula is C18H25FN2O2. The first-order valence-corrected chi connectivity index (χ1v) is 8.52. The van der Waals surface area contributed by atoms with Gasteiger partial charge in [-0.1, -0.05) is 18.2 Å². The molecule has 126 valence electrons. The molecule has 0 aromatic heterocycles. The summed E-state index contributed by atoms with van der Waals surface area (Å²) >= 11 is 0. The Morgan fingerprint density at radius 2 is 1.96 bits per heavy atom. The number of aryl methyl sites for hydroxylation is 1. The van der Waals surface area contributed by atoms with E-state index >= 15 is 0 Å². The summed E-state index contributed by atoms with van der Waals surface area (Å²) in [6, 6.07) is 6.58. The van der Waals surface area contributed by atoms with Crippen molar-refractivity contribution >= 4 is 5.91 Å². The molecule has 0 unspecified atom stereocenters. The third-order valence-electron chi connectivity index (χ3n) is 4.97. The lowest BCUT2D eigenvalue weighted by Crippen LogP contribution is -2.45. The number of halogens is 1. The van der Waals surface area contributed by atoms with E-state index in [1.165, 1.54) is 18.9 Å². The molecule has 2 fully saturated rings. The largest absolute Gasteiger partial charge is 0.387 e. The summed E-state index contributed by atoms with van der Waals surface area (Å²) in [6.45, 7) is 3.75. The Morgan fingerprint density at radius 1 is 1.22 bits per heavy atom. The van der Waals surface area contributed by atoms with Gasteiger partial charge < -0.3 is 14.9 Å². The van der Waals surface area contributed by atoms with E-state index in [1.807, 2.05) is 0 Å². The van der Waals surface area contributed by atoms with Gasteiger partial charge in [0, 0.05) is 19.5 Å². The maximum Gasteiger partial charge on any atom is 0.223 e. The van der Waals surface area contributed by atoms with Gasteiger partial charge in [0.15, 0.2) is 0 Å². The van der Waals surface area contributed by atoms with Gasteiger partial charge in [0.25, 0.3) is 0 Å². The Bertz CT molecular complexity index is 560. The SMILES string of the molecule is O=C(CCc1ccccc1F)N1CC[C@](O)(CN2CCCC2)C1. The Morgan fingerprint density at radius 3 is 2.70 bits per heavy atom. The fourth-order valence-corrected chi connectivity index (χ4v) is 3.66. The van der Waals surface area contributed by atoms with Gasteiger partial charge in [-0.2, -0.15) is 0 Å². The first-order valence-electron chi connectivity index (χ1n) is 8.52. The Balaban J connectivity index is 1.50. The Kier molecular flexibility index (Phi) is 4.97. The van der Waals surface area contributed by atoms with Crippen LogP contribution in [-0.4, -0.2) is 59.1 Å². The van der Waals surface area contributed by atoms with Gasteiger partial charge in [-0.25, -0.2) is 4.39 Å². The molecule has 2 aliphatic heterocycles. The van der Waals surface area contributed by atoms with E-state index in [1.54, 1.807) is 23.1 Å². The number of hydrogen-bond acceptors (Lipinski definition) is 3. The first kappa shape index (κ1) is 16.4. The van der Waals surface area contributed by atoms with Crippen molar-refractivity contribution in [3.8, 4) is 0 Å². The summed E-state index contributed by atoms with van der Waals surface area (Å²) in [5, 5.41) is 10.7. The van der Waals surface area contributed by atoms with E-state index in [-0.39, 0.29) is 11.7 Å². The van der Waals surface area contributed by atoms with E-state index < -0.39 is 5.60 Å². The summed E-state index contributed by atoms with van der Waals surface area (Å²) in [5.74, 6) is -0.252. The van der Waals surface area contributed by atoms with Gasteiger partial charge in [0.05, 0.1) is 12.1 Å². The number of rotatable bonds is 5. The van der Waals surface area contributed by atoms with Crippen molar-refractivity contribution in [2.75, 3.05) is 32.7 Å². The number of β-amino-alcohol motifs (C(OH)–C–C–N with tert-alkyl or cyclic N) is 1. The van der Waals surface area contributed by atoms with Crippen molar-refractivity contribution in [1.82, 2.24) is 9.80 Å². The molecule has 4 nitrogen and oxygen atoms in total. The second kappa shape index (κ2) is 6.97. The average molecular weight is 320 g/mol. The summed E-state index contributed by atoms with van der Waals surface area (Å²) in [6.07, 6.45) is 3.73. The molecular weight excluding hydrogens is 295 g/mol. The van der Waals surface area contributed by atoms with Crippen LogP contribution in [0, 0.1) is 5.82 Å². The number of amides is 1. The van der Waals surface area contributed by atoms with Gasteiger partial charge in [-0.15, -0.1) is 0 Å². The highest BCUT2D eigenvalue weighted by molar-refractivity contribution is 5.77. The van der Waals surface area contributed by atoms with Gasteiger partial charge in [0.2, 0.25) is 5.91 Å². The van der Waals surface area contributed by atoms with Crippen molar-refractivity contribution in [3.63, 3.8) is 0 Å². The van der Waals surface area contributed by atoms with Crippen molar-refractivity contribution in [2.45, 2.75) is 37.7 Å². The summed E-state index contributed by atoms with van der Waals surface area (Å²) in [7, 11) is 0. The fourth-order valence-electron chi connectivity index (χ4n) is 3.66. The lowest BCUT2D eigenvalue weighted by atomic mass is 10.0. The summed E-state index contributed by atoms with van der Waals surface area (Å²) < 4.78 is 13.6. The number of nitrogens with zero attached hydrogens (tertiary/aromatic N) is 2. The fraction of sp³-hybridized carbons (Fsp3) is 0.611. The van der Waals surface area contributed by atoms with Gasteiger partial charge in [-0.05, 0) is 50.4 Å². The van der Waals surface area contributed by atoms with Crippen LogP contribution in [-0.2, 0) is 11.2 Å². The second-order valence-electron chi connectivity index (χ2n) is 6.86. The molecule has 1 aromatic rings. The molecule has 3 rings (SSSR count). The van der Waals surface area contributed by atoms with E-state index in [4.69, 9.17) is 0 Å². The monoisotopic (exact) mass is 320 g/mol. The molecule has 23 heavy (non-hydrogen) atoms. The lowest BCUT2D eigenvalue weighted by Gasteiger charge is -2.28. The molecule has 0 bridgehead atoms. The van der Waals surface area contributed by atoms with Crippen LogP contribution in [0.2, 0.25) is 0 Å². The van der Waals surface area contributed by atoms with E-state index in [0.29, 0.717) is 44.5 Å². The minimum Gasteiger partial charge on any atom is -0.387 e. The molecule has 0 radical (unpaired) electrons. The zero-order chi connectivity index (χ0) is 16.3. The molecule has 2 saturated heterocycles. The van der Waals surface area contributed by atoms with Crippen LogP contribution < -0.4 is 0 Å². The van der Waals surface area contributed by atoms with Crippen LogP contribution in [0.4, 0.5) is 4.39 Å². The van der Waals surface area contributed by atoms with Crippen LogP contribution in [0.25, 0.3) is 0 Å². The molecule has 1 N–H and O–H groups in total. The predicted octanol–water partition coefficient (Wildman–Crippen LogP) is 1.82. The molecule has 0 saturated carbocycles. The average Bonchev–Trinajstić information content (AvgIpc) is 3.16. The highest BCUT2D eigenvalue weighted by Gasteiger charge is 2.39. The van der Waals surface area contributed by atoms with Crippen LogP contribution >= 0.6 is 0 Å². The molecule has 0 aliphatic carbocycles. The summed E-state index contributed by atoms with van der Waals surface area (Å²) in [4.78, 5) is 16.4. The van der Waals surface area contributed by atoms with E-state index in [2.05, 4.69) is 4.90 Å². The lowest BCUT2D eigenvalue weighted by molar-refractivity contribution is -0.131. The predicted molar refractivity (Wildman–Crippen MR) is 86.5 cm³/mol. The maximum absolute atomic E-state index is 13.6. The number of benzene rings is 1. The molecule has 5 heteroatoms. The third kappa shape index (κ3) is 4.09. The van der Waals surface area contributed by atoms with E-state index in [9.17, 15) is 14.3 Å². The normalized spacial score (nSPS) is 25.2. The molecule has 1 amide bonds. The quantitative estimate of drug-likeness (QED) is 0.900. The zero-order valence-corrected chi connectivity index (χ0v) is 13.5. The van der Waals surface area contributed by atoms with E-state index in [0.717, 1.165) is 13.1 Å². The number of carbonyl (C=O) groups excluding carboxylic acids is 1. The maximum atomic E-state index is 13.6. The minimum atomic E-state index is -0.780. The van der Waals surface area contributed by atoms with Crippen LogP contribution in [0.15, 0.2) is 24.3 Å². The van der Waals surface area contributed by atoms with Crippen molar-refractivity contribution in [3.05, 3.63) is 35.6 Å². The highest BCUT2D eigenvalue weighted by atomic mass is 19.1. The van der Waals surface area contributed by atoms with Crippen molar-refractivity contribution in [2.24, 2.45) is 0 Å². The van der Waals surface area contributed by atoms with Crippen molar-refractivity contribution < 1.29 is 14.3 Å². The number of likely N-dealkylation sites (tertiary alicyclic amines) is 2. The molecule has 1 atom stereocenters. The standard InChI is InChI=1S/C18H25FN2O2/c19-16-6-2-1-5-15(16)7-8-17(22)21-12-9-18(23,14-21)13-20-10-3-4-11-20/h1-2,5-6,23H,3-4,7-14H2/t18-/m0/s1. The minimum absolute atomic E-state index is 0.00519. The topological polar surface area (TPSA) is 43.8 Å². The second-order valence-corrected chi connectivity index (χ2v) is 6.86. The Hall–Kier alpha value is -1.46. The van der Waals surface area contributed by atoms with Crippen LogP contribution in [0.1, 0.15) is 31.2 Å². The molecule has 2 aliphatic rings. The molecule has 1 aromatic carbocycles. The molecule has 0 spiro atoms. The smallest absolute Gasteiger partial charge is 0.223 e. The van der Waals surface area contributed by atoms with Gasteiger partial charge in [-0.3, -0.25) is 4.79 Å². The van der Waals surface area contributed by atoms with Crippen LogP contribution in [0.5, 0.6) is 0 Å². The zero-order valence-electron chi connectivity index (χ0n) is 13.5.